The van der Waals surface area contributed by atoms with Gasteiger partial charge in [-0.05, 0) is 24.6 Å². The number of nitro groups is 1. The molecule has 0 saturated heterocycles. The molecule has 0 bridgehead atoms. The number of nitrogens with zero attached hydrogens (tertiary/aromatic N) is 2. The quantitative estimate of drug-likeness (QED) is 0.513. The zero-order valence-corrected chi connectivity index (χ0v) is 15.3. The van der Waals surface area contributed by atoms with Crippen molar-refractivity contribution < 1.29 is 14.6 Å². The Morgan fingerprint density at radius 2 is 2.04 bits per heavy atom. The fraction of sp³-hybridized carbons (Fsp3) is 0.222. The number of para-hydroxylation sites is 2. The summed E-state index contributed by atoms with van der Waals surface area (Å²) in [7, 11) is 1.90. The molecular weight excluding hydrogens is 352 g/mol. The van der Waals surface area contributed by atoms with Gasteiger partial charge in [-0.2, -0.15) is 0 Å². The molecule has 2 aromatic carbocycles. The summed E-state index contributed by atoms with van der Waals surface area (Å²) < 4.78 is 1.12. The SMILES string of the molecule is Cc1cccc([N+](=O)[O-])c1NC(=O)C[NH+](C)Cc1nc2ccccc2s1. The molecule has 26 heavy (non-hydrogen) atoms. The Labute approximate surface area is 154 Å². The van der Waals surface area contributed by atoms with Gasteiger partial charge < -0.3 is 10.2 Å². The lowest BCUT2D eigenvalue weighted by molar-refractivity contribution is -0.885. The molecule has 3 aromatic rings. The summed E-state index contributed by atoms with van der Waals surface area (Å²) in [5.74, 6) is -0.263. The number of quaternary nitrogens is 1. The molecule has 3 rings (SSSR count). The van der Waals surface area contributed by atoms with Crippen LogP contribution in [0.2, 0.25) is 0 Å². The Morgan fingerprint density at radius 3 is 2.77 bits per heavy atom. The number of thiazole rings is 1. The lowest BCUT2D eigenvalue weighted by Gasteiger charge is -2.13. The third-order valence-corrected chi connectivity index (χ3v) is 5.00. The number of benzene rings is 2. The molecule has 1 unspecified atom stereocenters. The molecule has 1 aromatic heterocycles. The predicted molar refractivity (Wildman–Crippen MR) is 102 cm³/mol. The molecule has 7 nitrogen and oxygen atoms in total. The maximum absolute atomic E-state index is 12.3. The van der Waals surface area contributed by atoms with Crippen LogP contribution < -0.4 is 10.2 Å². The molecule has 1 atom stereocenters. The van der Waals surface area contributed by atoms with Gasteiger partial charge in [0.25, 0.3) is 11.6 Å². The van der Waals surface area contributed by atoms with E-state index in [0.29, 0.717) is 12.1 Å². The largest absolute Gasteiger partial charge is 0.324 e. The molecular formula is C18H19N4O3S+. The van der Waals surface area contributed by atoms with Gasteiger partial charge in [0.15, 0.2) is 6.54 Å². The van der Waals surface area contributed by atoms with Gasteiger partial charge in [-0.1, -0.05) is 24.3 Å². The summed E-state index contributed by atoms with van der Waals surface area (Å²) in [4.78, 5) is 28.5. The number of amides is 1. The molecule has 1 heterocycles. The Morgan fingerprint density at radius 1 is 1.27 bits per heavy atom. The number of aromatic nitrogens is 1. The van der Waals surface area contributed by atoms with Gasteiger partial charge in [-0.15, -0.1) is 11.3 Å². The van der Waals surface area contributed by atoms with Crippen LogP contribution in [-0.4, -0.2) is 29.4 Å². The number of rotatable bonds is 6. The summed E-state index contributed by atoms with van der Waals surface area (Å²) in [6.45, 7) is 2.55. The lowest BCUT2D eigenvalue weighted by atomic mass is 10.1. The Bertz CT molecular complexity index is 937. The van der Waals surface area contributed by atoms with Gasteiger partial charge in [0.1, 0.15) is 17.2 Å². The minimum absolute atomic E-state index is 0.0952. The topological polar surface area (TPSA) is 89.6 Å². The molecule has 0 spiro atoms. The number of likely N-dealkylation sites (N-methyl/N-ethyl adjacent to an activating group) is 1. The smallest absolute Gasteiger partial charge is 0.293 e. The second kappa shape index (κ2) is 7.59. The summed E-state index contributed by atoms with van der Waals surface area (Å²) in [6, 6.07) is 12.6. The van der Waals surface area contributed by atoms with Gasteiger partial charge in [0.05, 0.1) is 22.2 Å². The summed E-state index contributed by atoms with van der Waals surface area (Å²) in [5.41, 5.74) is 1.79. The number of aryl methyl sites for hydroxylation is 1. The van der Waals surface area contributed by atoms with E-state index in [4.69, 9.17) is 0 Å². The maximum atomic E-state index is 12.3. The Hall–Kier alpha value is -2.84. The first-order valence-corrected chi connectivity index (χ1v) is 8.95. The van der Waals surface area contributed by atoms with E-state index in [-0.39, 0.29) is 23.8 Å². The molecule has 0 aliphatic rings. The van der Waals surface area contributed by atoms with Gasteiger partial charge in [-0.3, -0.25) is 14.9 Å². The second-order valence-electron chi connectivity index (χ2n) is 6.16. The number of hydrogen-bond acceptors (Lipinski definition) is 5. The van der Waals surface area contributed by atoms with Crippen molar-refractivity contribution in [3.63, 3.8) is 0 Å². The summed E-state index contributed by atoms with van der Waals surface area (Å²) >= 11 is 1.61. The lowest BCUT2D eigenvalue weighted by Crippen LogP contribution is -3.08. The number of carbonyl (C=O) groups is 1. The molecule has 0 fully saturated rings. The Balaban J connectivity index is 1.65. The first-order chi connectivity index (χ1) is 12.4. The maximum Gasteiger partial charge on any atom is 0.293 e. The van der Waals surface area contributed by atoms with E-state index in [1.54, 1.807) is 30.4 Å². The predicted octanol–water partition coefficient (Wildman–Crippen LogP) is 2.17. The van der Waals surface area contributed by atoms with E-state index in [1.165, 1.54) is 6.07 Å². The molecule has 1 amide bonds. The number of fused-ring (bicyclic) bond motifs is 1. The molecule has 8 heteroatoms. The molecule has 0 radical (unpaired) electrons. The molecule has 0 aliphatic carbocycles. The molecule has 134 valence electrons. The van der Waals surface area contributed by atoms with Crippen LogP contribution in [0.3, 0.4) is 0 Å². The first-order valence-electron chi connectivity index (χ1n) is 8.13. The number of nitro benzene ring substituents is 1. The second-order valence-corrected chi connectivity index (χ2v) is 7.28. The van der Waals surface area contributed by atoms with Crippen molar-refractivity contribution in [3.05, 3.63) is 63.1 Å². The minimum atomic E-state index is -0.486. The van der Waals surface area contributed by atoms with Crippen molar-refractivity contribution in [1.29, 1.82) is 0 Å². The van der Waals surface area contributed by atoms with E-state index in [0.717, 1.165) is 20.1 Å². The van der Waals surface area contributed by atoms with Gasteiger partial charge in [0, 0.05) is 6.07 Å². The number of anilines is 1. The molecule has 2 N–H and O–H groups in total. The van der Waals surface area contributed by atoms with Crippen LogP contribution in [0.1, 0.15) is 10.6 Å². The summed E-state index contributed by atoms with van der Waals surface area (Å²) in [6.07, 6.45) is 0. The number of hydrogen-bond donors (Lipinski definition) is 2. The average molecular weight is 371 g/mol. The fourth-order valence-corrected chi connectivity index (χ4v) is 3.82. The van der Waals surface area contributed by atoms with E-state index >= 15 is 0 Å². The van der Waals surface area contributed by atoms with Gasteiger partial charge in [0.2, 0.25) is 0 Å². The number of carbonyl (C=O) groups excluding carboxylic acids is 1. The summed E-state index contributed by atoms with van der Waals surface area (Å²) in [5, 5.41) is 14.8. The first kappa shape index (κ1) is 18.0. The van der Waals surface area contributed by atoms with Crippen LogP contribution in [0.4, 0.5) is 11.4 Å². The van der Waals surface area contributed by atoms with Crippen molar-refractivity contribution in [2.24, 2.45) is 0 Å². The molecule has 0 saturated carbocycles. The molecule has 0 aliphatic heterocycles. The highest BCUT2D eigenvalue weighted by Crippen LogP contribution is 2.27. The van der Waals surface area contributed by atoms with Crippen LogP contribution in [0.25, 0.3) is 10.2 Å². The third kappa shape index (κ3) is 4.04. The van der Waals surface area contributed by atoms with Crippen molar-refractivity contribution in [2.45, 2.75) is 13.5 Å². The van der Waals surface area contributed by atoms with Crippen molar-refractivity contribution >= 4 is 38.8 Å². The van der Waals surface area contributed by atoms with E-state index in [1.807, 2.05) is 31.3 Å². The zero-order chi connectivity index (χ0) is 18.7. The fourth-order valence-electron chi connectivity index (χ4n) is 2.74. The van der Waals surface area contributed by atoms with Crippen LogP contribution in [0.15, 0.2) is 42.5 Å². The zero-order valence-electron chi connectivity index (χ0n) is 14.5. The van der Waals surface area contributed by atoms with Crippen LogP contribution >= 0.6 is 11.3 Å². The van der Waals surface area contributed by atoms with Gasteiger partial charge >= 0.3 is 0 Å². The van der Waals surface area contributed by atoms with Gasteiger partial charge in [-0.25, -0.2) is 4.98 Å². The van der Waals surface area contributed by atoms with E-state index in [2.05, 4.69) is 10.3 Å². The van der Waals surface area contributed by atoms with Crippen molar-refractivity contribution in [1.82, 2.24) is 4.98 Å². The highest BCUT2D eigenvalue weighted by Gasteiger charge is 2.20. The average Bonchev–Trinajstić information content (AvgIpc) is 2.98. The monoisotopic (exact) mass is 371 g/mol. The van der Waals surface area contributed by atoms with E-state index in [9.17, 15) is 14.9 Å². The van der Waals surface area contributed by atoms with Crippen LogP contribution in [0, 0.1) is 17.0 Å². The third-order valence-electron chi connectivity index (χ3n) is 3.97. The number of nitrogens with one attached hydrogen (secondary N) is 2. The standard InChI is InChI=1S/C18H18N4O3S/c1-12-6-5-8-14(22(24)25)18(12)20-16(23)10-21(2)11-17-19-13-7-3-4-9-15(13)26-17/h3-9H,10-11H2,1-2H3,(H,20,23)/p+1. The highest BCUT2D eigenvalue weighted by atomic mass is 32.1. The van der Waals surface area contributed by atoms with Crippen LogP contribution in [0.5, 0.6) is 0 Å². The van der Waals surface area contributed by atoms with E-state index < -0.39 is 4.92 Å². The Kier molecular flexibility index (Phi) is 5.24. The highest BCUT2D eigenvalue weighted by molar-refractivity contribution is 7.18. The minimum Gasteiger partial charge on any atom is -0.324 e. The van der Waals surface area contributed by atoms with Crippen molar-refractivity contribution in [2.75, 3.05) is 18.9 Å². The normalized spacial score (nSPS) is 12.1. The van der Waals surface area contributed by atoms with Crippen molar-refractivity contribution in [3.8, 4) is 0 Å². The van der Waals surface area contributed by atoms with Crippen LogP contribution in [-0.2, 0) is 11.3 Å².